The molecule has 1 fully saturated rings. The zero-order valence-corrected chi connectivity index (χ0v) is 25.0. The van der Waals surface area contributed by atoms with Crippen LogP contribution in [0.2, 0.25) is 5.02 Å². The monoisotopic (exact) mass is 610 g/mol. The Morgan fingerprint density at radius 2 is 1.98 bits per heavy atom. The van der Waals surface area contributed by atoms with Crippen LogP contribution in [0.1, 0.15) is 37.8 Å². The molecule has 3 aromatic rings. The topological polar surface area (TPSA) is 112 Å². The predicted octanol–water partition coefficient (Wildman–Crippen LogP) is 5.33. The third-order valence-electron chi connectivity index (χ3n) is 7.50. The van der Waals surface area contributed by atoms with E-state index >= 15 is 4.39 Å². The number of hydrogen-bond acceptors (Lipinski definition) is 6. The Hall–Kier alpha value is -3.96. The van der Waals surface area contributed by atoms with E-state index in [1.165, 1.54) is 24.3 Å². The Morgan fingerprint density at radius 1 is 1.21 bits per heavy atom. The van der Waals surface area contributed by atoms with E-state index in [1.807, 2.05) is 24.0 Å². The summed E-state index contributed by atoms with van der Waals surface area (Å²) in [5.74, 6) is -0.633. The van der Waals surface area contributed by atoms with Gasteiger partial charge in [0.2, 0.25) is 5.91 Å². The van der Waals surface area contributed by atoms with E-state index in [-0.39, 0.29) is 45.6 Å². The molecule has 0 aliphatic carbocycles. The lowest BCUT2D eigenvalue weighted by molar-refractivity contribution is -0.128. The van der Waals surface area contributed by atoms with Gasteiger partial charge in [-0.05, 0) is 55.7 Å². The van der Waals surface area contributed by atoms with Crippen molar-refractivity contribution in [1.82, 2.24) is 14.8 Å². The number of pyridine rings is 1. The summed E-state index contributed by atoms with van der Waals surface area (Å²) in [6, 6.07) is 12.7. The molecule has 0 saturated carbocycles. The molecule has 2 aromatic carbocycles. The lowest BCUT2D eigenvalue weighted by atomic mass is 10.0. The van der Waals surface area contributed by atoms with E-state index in [0.717, 1.165) is 22.7 Å². The number of piperazine rings is 1. The SMILES string of the molecule is C=CC(=O)N1CCN(C2=NS(=O)(=O)N(c3ccccc3CCCC)c3nc(-c4c(N)cccc4F)c(Cl)cc32)C(C)C1. The zero-order valence-electron chi connectivity index (χ0n) is 23.4. The standard InChI is InChI=1S/C30H32ClFN6O3S/c1-4-6-10-20-11-7-8-14-25(20)38-29-21(17-22(31)28(34-29)27-23(32)12-9-13-24(27)33)30(35-42(38,40)41)37-16-15-36(18-19(37)3)26(39)5-2/h5,7-9,11-14,17,19H,2,4,6,10,15-16,18,33H2,1,3H3. The molecule has 0 spiro atoms. The minimum atomic E-state index is -4.37. The second-order valence-electron chi connectivity index (χ2n) is 10.3. The fourth-order valence-corrected chi connectivity index (χ4v) is 6.94. The van der Waals surface area contributed by atoms with Crippen LogP contribution < -0.4 is 10.0 Å². The average molecular weight is 611 g/mol. The van der Waals surface area contributed by atoms with Crippen molar-refractivity contribution in [3.05, 3.63) is 83.2 Å². The fourth-order valence-electron chi connectivity index (χ4n) is 5.41. The Kier molecular flexibility index (Phi) is 8.25. The Morgan fingerprint density at radius 3 is 2.67 bits per heavy atom. The maximum absolute atomic E-state index is 15.1. The number of unbranched alkanes of at least 4 members (excludes halogenated alkanes) is 1. The maximum atomic E-state index is 15.1. The highest BCUT2D eigenvalue weighted by atomic mass is 35.5. The lowest BCUT2D eigenvalue weighted by Crippen LogP contribution is -2.56. The van der Waals surface area contributed by atoms with Gasteiger partial charge >= 0.3 is 10.2 Å². The van der Waals surface area contributed by atoms with Crippen LogP contribution in [0.3, 0.4) is 0 Å². The average Bonchev–Trinajstić information content (AvgIpc) is 2.96. The number of carbonyl (C=O) groups is 1. The summed E-state index contributed by atoms with van der Waals surface area (Å²) in [4.78, 5) is 20.5. The van der Waals surface area contributed by atoms with Gasteiger partial charge in [-0.2, -0.15) is 8.42 Å². The van der Waals surface area contributed by atoms with Gasteiger partial charge in [-0.1, -0.05) is 55.8 Å². The minimum Gasteiger partial charge on any atom is -0.398 e. The first-order valence-corrected chi connectivity index (χ1v) is 15.5. The van der Waals surface area contributed by atoms with Crippen molar-refractivity contribution < 1.29 is 17.6 Å². The molecule has 5 rings (SSSR count). The lowest BCUT2D eigenvalue weighted by Gasteiger charge is -2.42. The zero-order chi connectivity index (χ0) is 30.2. The largest absolute Gasteiger partial charge is 0.398 e. The molecule has 1 unspecified atom stereocenters. The molecular weight excluding hydrogens is 579 g/mol. The van der Waals surface area contributed by atoms with Gasteiger partial charge in [-0.3, -0.25) is 4.79 Å². The number of benzene rings is 2. The second-order valence-corrected chi connectivity index (χ2v) is 12.2. The maximum Gasteiger partial charge on any atom is 0.352 e. The smallest absolute Gasteiger partial charge is 0.352 e. The van der Waals surface area contributed by atoms with Crippen molar-refractivity contribution >= 4 is 50.7 Å². The molecule has 12 heteroatoms. The van der Waals surface area contributed by atoms with Crippen LogP contribution >= 0.6 is 11.6 Å². The van der Waals surface area contributed by atoms with Crippen LogP contribution in [0.25, 0.3) is 11.3 Å². The first-order valence-electron chi connectivity index (χ1n) is 13.7. The van der Waals surface area contributed by atoms with Gasteiger partial charge in [0.25, 0.3) is 0 Å². The van der Waals surface area contributed by atoms with Gasteiger partial charge in [0.05, 0.1) is 27.5 Å². The van der Waals surface area contributed by atoms with Crippen LogP contribution in [-0.2, 0) is 21.4 Å². The van der Waals surface area contributed by atoms with Gasteiger partial charge in [0.1, 0.15) is 5.82 Å². The summed E-state index contributed by atoms with van der Waals surface area (Å²) in [5.41, 5.74) is 7.85. The van der Waals surface area contributed by atoms with Crippen LogP contribution in [0.15, 0.2) is 65.6 Å². The van der Waals surface area contributed by atoms with Gasteiger partial charge in [-0.15, -0.1) is 4.40 Å². The first kappa shape index (κ1) is 29.5. The number of nitrogen functional groups attached to an aromatic ring is 1. The molecular formula is C30H32ClFN6O3S. The van der Waals surface area contributed by atoms with Crippen molar-refractivity contribution in [3.8, 4) is 11.3 Å². The van der Waals surface area contributed by atoms with Crippen molar-refractivity contribution in [3.63, 3.8) is 0 Å². The number of carbonyl (C=O) groups excluding carboxylic acids is 1. The van der Waals surface area contributed by atoms with Gasteiger partial charge in [0.15, 0.2) is 11.7 Å². The number of rotatable bonds is 6. The van der Waals surface area contributed by atoms with Crippen molar-refractivity contribution in [2.75, 3.05) is 29.7 Å². The summed E-state index contributed by atoms with van der Waals surface area (Å²) < 4.78 is 48.7. The minimum absolute atomic E-state index is 0.0177. The van der Waals surface area contributed by atoms with Crippen LogP contribution in [-0.4, -0.2) is 60.6 Å². The first-order chi connectivity index (χ1) is 20.1. The molecule has 0 radical (unpaired) electrons. The number of hydrogen-bond donors (Lipinski definition) is 1. The predicted molar refractivity (Wildman–Crippen MR) is 165 cm³/mol. The number of aryl methyl sites for hydroxylation is 1. The summed E-state index contributed by atoms with van der Waals surface area (Å²) in [5, 5.41) is 0.0879. The molecule has 0 bridgehead atoms. The van der Waals surface area contributed by atoms with E-state index in [4.69, 9.17) is 22.3 Å². The highest BCUT2D eigenvalue weighted by Crippen LogP contribution is 2.43. The molecule has 3 heterocycles. The van der Waals surface area contributed by atoms with Gasteiger partial charge in [-0.25, -0.2) is 13.7 Å². The number of halogens is 2. The summed E-state index contributed by atoms with van der Waals surface area (Å²) in [7, 11) is -4.37. The Balaban J connectivity index is 1.73. The molecule has 42 heavy (non-hydrogen) atoms. The fraction of sp³-hybridized carbons (Fsp3) is 0.300. The van der Waals surface area contributed by atoms with Crippen LogP contribution in [0, 0.1) is 5.82 Å². The van der Waals surface area contributed by atoms with Gasteiger partial charge in [0, 0.05) is 31.4 Å². The van der Waals surface area contributed by atoms with E-state index in [0.29, 0.717) is 37.3 Å². The molecule has 1 amide bonds. The summed E-state index contributed by atoms with van der Waals surface area (Å²) in [6.45, 7) is 8.51. The van der Waals surface area contributed by atoms with Crippen LogP contribution in [0.5, 0.6) is 0 Å². The molecule has 2 aliphatic heterocycles. The number of para-hydroxylation sites is 1. The molecule has 220 valence electrons. The molecule has 2 N–H and O–H groups in total. The molecule has 9 nitrogen and oxygen atoms in total. The number of anilines is 3. The molecule has 2 aliphatic rings. The third-order valence-corrected chi connectivity index (χ3v) is 9.02. The number of amidine groups is 1. The number of nitrogens with zero attached hydrogens (tertiary/aromatic N) is 5. The molecule has 1 aromatic heterocycles. The number of fused-ring (bicyclic) bond motifs is 1. The second kappa shape index (κ2) is 11.7. The van der Waals surface area contributed by atoms with E-state index < -0.39 is 16.0 Å². The third kappa shape index (κ3) is 5.34. The van der Waals surface area contributed by atoms with E-state index in [2.05, 4.69) is 17.9 Å². The normalized spacial score (nSPS) is 18.0. The highest BCUT2D eigenvalue weighted by molar-refractivity contribution is 7.92. The van der Waals surface area contributed by atoms with Crippen molar-refractivity contribution in [2.45, 2.75) is 39.2 Å². The van der Waals surface area contributed by atoms with Crippen molar-refractivity contribution in [1.29, 1.82) is 0 Å². The van der Waals surface area contributed by atoms with Gasteiger partial charge < -0.3 is 15.5 Å². The molecule has 1 atom stereocenters. The number of amides is 1. The number of aromatic nitrogens is 1. The summed E-state index contributed by atoms with van der Waals surface area (Å²) >= 11 is 6.74. The van der Waals surface area contributed by atoms with Crippen molar-refractivity contribution in [2.24, 2.45) is 4.40 Å². The summed E-state index contributed by atoms with van der Waals surface area (Å²) in [6.07, 6.45) is 3.67. The number of nitrogens with two attached hydrogens (primary N) is 1. The van der Waals surface area contributed by atoms with Crippen LogP contribution in [0.4, 0.5) is 21.6 Å². The molecule has 1 saturated heterocycles. The highest BCUT2D eigenvalue weighted by Gasteiger charge is 2.40. The van der Waals surface area contributed by atoms with E-state index in [1.54, 1.807) is 23.1 Å². The Labute approximate surface area is 250 Å². The van der Waals surface area contributed by atoms with E-state index in [9.17, 15) is 13.2 Å². The Bertz CT molecular complexity index is 1680. The quantitative estimate of drug-likeness (QED) is 0.298.